The molecule has 3 aromatic carbocycles. The van der Waals surface area contributed by atoms with Crippen LogP contribution in [0.5, 0.6) is 28.7 Å². The molecule has 4 aromatic rings. The zero-order valence-electron chi connectivity index (χ0n) is 20.0. The third-order valence-electron chi connectivity index (χ3n) is 5.33. The molecular weight excluding hydrogens is 452 g/mol. The Bertz CT molecular complexity index is 1360. The third kappa shape index (κ3) is 5.02. The molecule has 1 aromatic heterocycles. The number of benzene rings is 3. The minimum atomic E-state index is -0.369. The second kappa shape index (κ2) is 10.8. The number of rotatable bonds is 10. The molecule has 0 atom stereocenters. The van der Waals surface area contributed by atoms with Crippen molar-refractivity contribution in [1.29, 1.82) is 0 Å². The van der Waals surface area contributed by atoms with Crippen molar-refractivity contribution in [2.75, 3.05) is 35.2 Å². The van der Waals surface area contributed by atoms with Gasteiger partial charge in [0.15, 0.2) is 24.1 Å². The van der Waals surface area contributed by atoms with Gasteiger partial charge in [0.25, 0.3) is 0 Å². The topological polar surface area (TPSA) is 85.6 Å². The van der Waals surface area contributed by atoms with E-state index >= 15 is 0 Å². The quantitative estimate of drug-likeness (QED) is 0.293. The minimum Gasteiger partial charge on any atom is -0.496 e. The van der Waals surface area contributed by atoms with Gasteiger partial charge in [-0.1, -0.05) is 30.3 Å². The van der Waals surface area contributed by atoms with Gasteiger partial charge in [-0.25, -0.2) is 0 Å². The molecular formula is C27H26O8. The van der Waals surface area contributed by atoms with Gasteiger partial charge in [-0.2, -0.15) is 0 Å². The first kappa shape index (κ1) is 24.0. The average molecular weight is 478 g/mol. The molecule has 8 nitrogen and oxygen atoms in total. The van der Waals surface area contributed by atoms with Crippen LogP contribution in [0, 0.1) is 0 Å². The van der Waals surface area contributed by atoms with Crippen LogP contribution < -0.4 is 29.1 Å². The molecule has 182 valence electrons. The van der Waals surface area contributed by atoms with Crippen molar-refractivity contribution in [3.05, 3.63) is 76.5 Å². The van der Waals surface area contributed by atoms with Gasteiger partial charge in [0.2, 0.25) is 11.2 Å². The summed E-state index contributed by atoms with van der Waals surface area (Å²) in [6.45, 7) is 0.371. The van der Waals surface area contributed by atoms with Gasteiger partial charge >= 0.3 is 0 Å². The first-order valence-corrected chi connectivity index (χ1v) is 10.8. The number of hydrogen-bond acceptors (Lipinski definition) is 8. The summed E-state index contributed by atoms with van der Waals surface area (Å²) < 4.78 is 39.1. The van der Waals surface area contributed by atoms with E-state index in [4.69, 9.17) is 32.8 Å². The maximum atomic E-state index is 13.3. The number of methoxy groups -OCH3 is 4. The van der Waals surface area contributed by atoms with E-state index in [2.05, 4.69) is 0 Å². The Morgan fingerprint density at radius 3 is 2.26 bits per heavy atom. The van der Waals surface area contributed by atoms with Crippen LogP contribution in [-0.2, 0) is 11.3 Å². The Kier molecular flexibility index (Phi) is 7.42. The van der Waals surface area contributed by atoms with E-state index in [1.807, 2.05) is 30.3 Å². The zero-order valence-corrected chi connectivity index (χ0v) is 20.0. The van der Waals surface area contributed by atoms with Crippen LogP contribution in [0.25, 0.3) is 22.3 Å². The second-order valence-corrected chi connectivity index (χ2v) is 7.48. The molecule has 0 aliphatic carbocycles. The van der Waals surface area contributed by atoms with Gasteiger partial charge in [-0.15, -0.1) is 0 Å². The lowest BCUT2D eigenvalue weighted by molar-refractivity contribution is 0.0484. The largest absolute Gasteiger partial charge is 0.496 e. The van der Waals surface area contributed by atoms with Gasteiger partial charge in [0, 0.05) is 24.8 Å². The molecule has 35 heavy (non-hydrogen) atoms. The molecule has 0 saturated carbocycles. The summed E-state index contributed by atoms with van der Waals surface area (Å²) in [6, 6.07) is 18.3. The molecule has 0 radical (unpaired) electrons. The Labute approximate surface area is 202 Å². The number of fused-ring (bicyclic) bond motifs is 1. The molecule has 0 saturated heterocycles. The van der Waals surface area contributed by atoms with Gasteiger partial charge in [0.05, 0.1) is 21.3 Å². The minimum absolute atomic E-state index is 0.0123. The fraction of sp³-hybridized carbons (Fsp3) is 0.222. The molecule has 0 fully saturated rings. The highest BCUT2D eigenvalue weighted by molar-refractivity contribution is 5.88. The van der Waals surface area contributed by atoms with Crippen molar-refractivity contribution in [3.8, 4) is 40.1 Å². The van der Waals surface area contributed by atoms with Crippen LogP contribution in [0.1, 0.15) is 5.56 Å². The van der Waals surface area contributed by atoms with Crippen LogP contribution in [0.2, 0.25) is 0 Å². The fourth-order valence-electron chi connectivity index (χ4n) is 3.64. The first-order chi connectivity index (χ1) is 17.1. The predicted octanol–water partition coefficient (Wildman–Crippen LogP) is 5.05. The SMILES string of the molecule is COCOc1cc(-c2oc3cc(OC)cc(OC)c3c(=O)c2OC)ccc1OCc1ccccc1. The maximum Gasteiger partial charge on any atom is 0.239 e. The van der Waals surface area contributed by atoms with Crippen molar-refractivity contribution in [3.63, 3.8) is 0 Å². The van der Waals surface area contributed by atoms with Gasteiger partial charge in [-0.05, 0) is 23.8 Å². The molecule has 8 heteroatoms. The van der Waals surface area contributed by atoms with E-state index in [1.54, 1.807) is 30.3 Å². The van der Waals surface area contributed by atoms with Crippen LogP contribution in [0.15, 0.2) is 69.9 Å². The molecule has 0 spiro atoms. The summed E-state index contributed by atoms with van der Waals surface area (Å²) in [4.78, 5) is 13.3. The fourth-order valence-corrected chi connectivity index (χ4v) is 3.64. The van der Waals surface area contributed by atoms with Crippen molar-refractivity contribution >= 4 is 11.0 Å². The summed E-state index contributed by atoms with van der Waals surface area (Å²) in [5.74, 6) is 2.02. The van der Waals surface area contributed by atoms with Crippen LogP contribution in [0.3, 0.4) is 0 Å². The Hall–Kier alpha value is -4.17. The summed E-state index contributed by atoms with van der Waals surface area (Å²) in [5.41, 5.74) is 1.50. The highest BCUT2D eigenvalue weighted by Crippen LogP contribution is 2.39. The van der Waals surface area contributed by atoms with Crippen molar-refractivity contribution in [2.45, 2.75) is 6.61 Å². The van der Waals surface area contributed by atoms with Crippen molar-refractivity contribution in [2.24, 2.45) is 0 Å². The normalized spacial score (nSPS) is 10.7. The molecule has 0 N–H and O–H groups in total. The lowest BCUT2D eigenvalue weighted by Crippen LogP contribution is -2.09. The molecule has 4 rings (SSSR count). The molecule has 1 heterocycles. The second-order valence-electron chi connectivity index (χ2n) is 7.48. The monoisotopic (exact) mass is 478 g/mol. The van der Waals surface area contributed by atoms with Crippen LogP contribution in [-0.4, -0.2) is 35.2 Å². The Balaban J connectivity index is 1.81. The van der Waals surface area contributed by atoms with Gasteiger partial charge in [0.1, 0.15) is 29.1 Å². The molecule has 0 aliphatic heterocycles. The molecule has 0 aliphatic rings. The molecule has 0 amide bonds. The summed E-state index contributed by atoms with van der Waals surface area (Å²) in [5, 5.41) is 0.257. The smallest absolute Gasteiger partial charge is 0.239 e. The summed E-state index contributed by atoms with van der Waals surface area (Å²) >= 11 is 0. The van der Waals surface area contributed by atoms with Gasteiger partial charge < -0.3 is 32.8 Å². The predicted molar refractivity (Wildman–Crippen MR) is 131 cm³/mol. The number of ether oxygens (including phenoxy) is 6. The van der Waals surface area contributed by atoms with Gasteiger partial charge in [-0.3, -0.25) is 4.79 Å². The van der Waals surface area contributed by atoms with E-state index in [9.17, 15) is 4.79 Å². The van der Waals surface area contributed by atoms with Crippen LogP contribution in [0.4, 0.5) is 0 Å². The molecule has 0 bridgehead atoms. The lowest BCUT2D eigenvalue weighted by atomic mass is 10.1. The Morgan fingerprint density at radius 2 is 1.57 bits per heavy atom. The van der Waals surface area contributed by atoms with E-state index in [0.717, 1.165) is 5.56 Å². The number of hydrogen-bond donors (Lipinski definition) is 0. The molecule has 0 unspecified atom stereocenters. The Morgan fingerprint density at radius 1 is 0.771 bits per heavy atom. The highest BCUT2D eigenvalue weighted by Gasteiger charge is 2.22. The average Bonchev–Trinajstić information content (AvgIpc) is 2.90. The van der Waals surface area contributed by atoms with E-state index in [-0.39, 0.29) is 29.1 Å². The van der Waals surface area contributed by atoms with Crippen LogP contribution >= 0.6 is 0 Å². The van der Waals surface area contributed by atoms with E-state index in [1.165, 1.54) is 28.4 Å². The third-order valence-corrected chi connectivity index (χ3v) is 5.33. The summed E-state index contributed by atoms with van der Waals surface area (Å²) in [6.07, 6.45) is 0. The highest BCUT2D eigenvalue weighted by atomic mass is 16.7. The lowest BCUT2D eigenvalue weighted by Gasteiger charge is -2.15. The zero-order chi connectivity index (χ0) is 24.8. The standard InChI is InChI=1S/C27H26O8/c1-29-16-34-21-12-18(10-11-20(21)33-15-17-8-6-5-7-9-17)26-27(32-4)25(28)24-22(31-3)13-19(30-2)14-23(24)35-26/h5-14H,15-16H2,1-4H3. The summed E-state index contributed by atoms with van der Waals surface area (Å²) in [7, 11) is 5.94. The van der Waals surface area contributed by atoms with Crippen molar-refractivity contribution < 1.29 is 32.8 Å². The van der Waals surface area contributed by atoms with E-state index < -0.39 is 0 Å². The first-order valence-electron chi connectivity index (χ1n) is 10.8. The maximum absolute atomic E-state index is 13.3. The van der Waals surface area contributed by atoms with E-state index in [0.29, 0.717) is 40.8 Å². The van der Waals surface area contributed by atoms with Crippen molar-refractivity contribution in [1.82, 2.24) is 0 Å².